The van der Waals surface area contributed by atoms with Crippen molar-refractivity contribution in [1.29, 1.82) is 0 Å². The molecule has 2 atom stereocenters. The maximum Gasteiger partial charge on any atom is 0.0550 e. The maximum atomic E-state index is 5.12. The van der Waals surface area contributed by atoms with Crippen molar-refractivity contribution < 1.29 is 0 Å². The third-order valence-electron chi connectivity index (χ3n) is 13.3. The molecule has 0 amide bonds. The number of aromatic nitrogens is 1. The smallest absolute Gasteiger partial charge is 0.0550 e. The Morgan fingerprint density at radius 2 is 1.25 bits per heavy atom. The van der Waals surface area contributed by atoms with Crippen molar-refractivity contribution >= 4 is 65.3 Å². The van der Waals surface area contributed by atoms with Crippen LogP contribution in [-0.4, -0.2) is 4.57 Å². The van der Waals surface area contributed by atoms with Gasteiger partial charge >= 0.3 is 0 Å². The van der Waals surface area contributed by atoms with Crippen LogP contribution in [0.4, 0.5) is 0 Å². The first-order chi connectivity index (χ1) is 29.4. The van der Waals surface area contributed by atoms with Crippen molar-refractivity contribution in [1.82, 2.24) is 4.57 Å². The van der Waals surface area contributed by atoms with Gasteiger partial charge in [-0.3, -0.25) is 0 Å². The number of aryl methyl sites for hydroxylation is 1. The molecule has 0 saturated heterocycles. The fourth-order valence-electron chi connectivity index (χ4n) is 10.4. The van der Waals surface area contributed by atoms with Gasteiger partial charge in [0.2, 0.25) is 0 Å². The number of hydrogen-bond donors (Lipinski definition) is 0. The normalized spacial score (nSPS) is 13.3. The van der Waals surface area contributed by atoms with Gasteiger partial charge in [0.05, 0.1) is 11.0 Å². The summed E-state index contributed by atoms with van der Waals surface area (Å²) < 4.78 is 3.85. The topological polar surface area (TPSA) is 4.93 Å². The molecule has 2 heterocycles. The fourth-order valence-corrected chi connectivity index (χ4v) is 11.9. The zero-order valence-electron chi connectivity index (χ0n) is 34.3. The largest absolute Gasteiger partial charge is 0.313 e. The van der Waals surface area contributed by atoms with Gasteiger partial charge in [0.15, 0.2) is 0 Å². The Kier molecular flexibility index (Phi) is 8.62. The van der Waals surface area contributed by atoms with Crippen LogP contribution in [0.2, 0.25) is 0 Å². The first-order valence-electron chi connectivity index (χ1n) is 21.2. The third-order valence-corrected chi connectivity index (χ3v) is 14.6. The summed E-state index contributed by atoms with van der Waals surface area (Å²) >= 11 is 1.95. The molecule has 60 heavy (non-hydrogen) atoms. The summed E-state index contributed by atoms with van der Waals surface area (Å²) in [4.78, 5) is 1.43. The predicted molar refractivity (Wildman–Crippen MR) is 260 cm³/mol. The van der Waals surface area contributed by atoms with Crippen LogP contribution >= 0.6 is 11.3 Å². The number of nitrogens with zero attached hydrogens (tertiary/aromatic N) is 1. The molecular weight excluding hydrogens is 743 g/mol. The summed E-state index contributed by atoms with van der Waals surface area (Å²) in [5.41, 5.74) is 18.4. The van der Waals surface area contributed by atoms with E-state index in [4.69, 9.17) is 13.2 Å². The lowest BCUT2D eigenvalue weighted by atomic mass is 9.78. The summed E-state index contributed by atoms with van der Waals surface area (Å²) in [6.45, 7) is 17.0. The van der Waals surface area contributed by atoms with E-state index in [-0.39, 0.29) is 11.8 Å². The number of hydrogen-bond acceptors (Lipinski definition) is 1. The van der Waals surface area contributed by atoms with Crippen LogP contribution < -0.4 is 0 Å². The molecule has 2 bridgehead atoms. The maximum absolute atomic E-state index is 5.12. The number of rotatable bonds is 7. The second kappa shape index (κ2) is 14.2. The summed E-state index contributed by atoms with van der Waals surface area (Å²) in [7, 11) is 0. The molecule has 288 valence electrons. The molecule has 0 radical (unpaired) electrons. The molecule has 1 nitrogen and oxygen atoms in total. The minimum absolute atomic E-state index is 0.0474. The Balaban J connectivity index is 1.18. The third kappa shape index (κ3) is 5.44. The standard InChI is InChI=1S/C58H45NS/c1-6-43-47-23-15-17-27-53(47)60-58(43)54(42-30-28-40(29-31-42)39-18-8-7-9-19-39)35(2)38(5)59-51-26-16-14-25-49(51)57-52(59)34-50-37(4)55(57)48-24-13-12-21-44(48)36(3)45-33-32-41-20-10-11-22-46(41)56(45)50/h7-35,54H,3,5-6H2,1-2,4H3. The number of allylic oxidation sites excluding steroid dienone is 1. The lowest BCUT2D eigenvalue weighted by Crippen LogP contribution is -2.16. The SMILES string of the molecule is C=C1c2ccccc2-c2c(C)c(cc3c2c2ccccc2n3C(=C)C(C)C(c2ccc(-c3ccccc3)cc2)c2sc3ccccc3c2CC)-c2c1ccc1ccccc21. The molecule has 2 heteroatoms. The van der Waals surface area contributed by atoms with E-state index in [1.807, 2.05) is 11.3 Å². The molecule has 0 fully saturated rings. The number of benzene rings is 8. The van der Waals surface area contributed by atoms with E-state index in [9.17, 15) is 0 Å². The molecule has 0 aliphatic heterocycles. The molecule has 11 rings (SSSR count). The summed E-state index contributed by atoms with van der Waals surface area (Å²) in [6.07, 6.45) is 0.969. The van der Waals surface area contributed by atoms with E-state index < -0.39 is 0 Å². The Morgan fingerprint density at radius 1 is 0.600 bits per heavy atom. The number of thiophene rings is 1. The molecule has 0 spiro atoms. The van der Waals surface area contributed by atoms with Gasteiger partial charge < -0.3 is 4.57 Å². The van der Waals surface area contributed by atoms with Crippen LogP contribution in [0.25, 0.3) is 87.3 Å². The molecule has 0 N–H and O–H groups in total. The lowest BCUT2D eigenvalue weighted by Gasteiger charge is -2.29. The van der Waals surface area contributed by atoms with Gasteiger partial charge in [-0.05, 0) is 114 Å². The molecule has 1 aliphatic rings. The van der Waals surface area contributed by atoms with Gasteiger partial charge in [-0.15, -0.1) is 11.3 Å². The molecule has 8 aromatic carbocycles. The van der Waals surface area contributed by atoms with E-state index >= 15 is 0 Å². The number of fused-ring (bicyclic) bond motifs is 13. The molecule has 2 unspecified atom stereocenters. The van der Waals surface area contributed by atoms with Crippen LogP contribution in [0.15, 0.2) is 183 Å². The van der Waals surface area contributed by atoms with E-state index in [1.165, 1.54) is 109 Å². The Morgan fingerprint density at radius 3 is 2.03 bits per heavy atom. The van der Waals surface area contributed by atoms with Crippen molar-refractivity contribution in [3.8, 4) is 33.4 Å². The highest BCUT2D eigenvalue weighted by Gasteiger charge is 2.32. The quantitative estimate of drug-likeness (QED) is 0.152. The molecule has 10 aromatic rings. The van der Waals surface area contributed by atoms with Crippen molar-refractivity contribution in [2.45, 2.75) is 33.1 Å². The van der Waals surface area contributed by atoms with Gasteiger partial charge in [0, 0.05) is 37.9 Å². The van der Waals surface area contributed by atoms with Crippen LogP contribution in [0.3, 0.4) is 0 Å². The van der Waals surface area contributed by atoms with Gasteiger partial charge in [0.25, 0.3) is 0 Å². The summed E-state index contributed by atoms with van der Waals surface area (Å²) in [5, 5.41) is 6.35. The first-order valence-corrected chi connectivity index (χ1v) is 22.0. The Labute approximate surface area is 356 Å². The van der Waals surface area contributed by atoms with E-state index in [0.717, 1.165) is 17.7 Å². The average molecular weight is 788 g/mol. The summed E-state index contributed by atoms with van der Waals surface area (Å²) in [5.74, 6) is 0.133. The monoisotopic (exact) mass is 787 g/mol. The Hall–Kier alpha value is -6.74. The van der Waals surface area contributed by atoms with E-state index in [2.05, 4.69) is 195 Å². The van der Waals surface area contributed by atoms with E-state index in [1.54, 1.807) is 0 Å². The molecule has 1 aliphatic carbocycles. The van der Waals surface area contributed by atoms with Gasteiger partial charge in [-0.25, -0.2) is 0 Å². The zero-order valence-corrected chi connectivity index (χ0v) is 35.1. The van der Waals surface area contributed by atoms with Gasteiger partial charge in [-0.2, -0.15) is 0 Å². The highest BCUT2D eigenvalue weighted by Crippen LogP contribution is 2.52. The average Bonchev–Trinajstić information content (AvgIpc) is 3.83. The fraction of sp³-hybridized carbons (Fsp3) is 0.103. The van der Waals surface area contributed by atoms with Crippen molar-refractivity contribution in [2.24, 2.45) is 5.92 Å². The zero-order chi connectivity index (χ0) is 40.6. The van der Waals surface area contributed by atoms with Crippen LogP contribution in [0.5, 0.6) is 0 Å². The van der Waals surface area contributed by atoms with Crippen molar-refractivity contribution in [2.75, 3.05) is 0 Å². The van der Waals surface area contributed by atoms with Crippen LogP contribution in [-0.2, 0) is 6.42 Å². The van der Waals surface area contributed by atoms with Crippen molar-refractivity contribution in [3.05, 3.63) is 216 Å². The van der Waals surface area contributed by atoms with Gasteiger partial charge in [0.1, 0.15) is 0 Å². The van der Waals surface area contributed by atoms with Gasteiger partial charge in [-0.1, -0.05) is 179 Å². The second-order valence-electron chi connectivity index (χ2n) is 16.4. The Bertz CT molecular complexity index is 3360. The van der Waals surface area contributed by atoms with Crippen molar-refractivity contribution in [3.63, 3.8) is 0 Å². The highest BCUT2D eigenvalue weighted by molar-refractivity contribution is 7.19. The highest BCUT2D eigenvalue weighted by atomic mass is 32.1. The predicted octanol–water partition coefficient (Wildman–Crippen LogP) is 16.3. The molecular formula is C58H45NS. The first kappa shape index (κ1) is 36.3. The molecule has 0 saturated carbocycles. The minimum atomic E-state index is 0.0474. The van der Waals surface area contributed by atoms with Crippen LogP contribution in [0.1, 0.15) is 52.5 Å². The lowest BCUT2D eigenvalue weighted by molar-refractivity contribution is 0.627. The van der Waals surface area contributed by atoms with E-state index in [0.29, 0.717) is 0 Å². The second-order valence-corrected chi connectivity index (χ2v) is 17.5. The number of para-hydroxylation sites is 1. The molecule has 2 aromatic heterocycles. The summed E-state index contributed by atoms with van der Waals surface area (Å²) in [6, 6.07) is 62.7. The minimum Gasteiger partial charge on any atom is -0.313 e. The van der Waals surface area contributed by atoms with Crippen LogP contribution in [0, 0.1) is 12.8 Å².